The van der Waals surface area contributed by atoms with Gasteiger partial charge >= 0.3 is 6.09 Å². The maximum atomic E-state index is 14.0. The Bertz CT molecular complexity index is 3560. The van der Waals surface area contributed by atoms with E-state index in [0.717, 1.165) is 112 Å². The molecule has 0 saturated carbocycles. The van der Waals surface area contributed by atoms with Crippen molar-refractivity contribution in [2.24, 2.45) is 5.92 Å². The summed E-state index contributed by atoms with van der Waals surface area (Å²) in [7, 11) is 2.59. The SMILES string of the molecule is CC[C@@H](C)C(=O)N[C@H]1Cc2c([nH]c3ccccc23)[C@H]2CC[C@@H](C(=O)N[C@@H]3CCCc4ccccc43)N2C1.CO.C[C@@H](C(=O)N[C@H]1Cc2c([nH]c3ccccc23)[C@H]2CC[C@@H](C(=O)N[C@@H]3CCCc4ccccc43)N2C1)N(C)C(=O)OCc1ccccc1.[CH3-].[HH].[Pd]. The molecule has 7 aromatic rings. The molecule has 10 atom stereocenters. The minimum atomic E-state index is -0.746. The van der Waals surface area contributed by atoms with Crippen LogP contribution in [0.15, 0.2) is 127 Å². The number of hydrogen-bond donors (Lipinski definition) is 7. The van der Waals surface area contributed by atoms with Gasteiger partial charge in [0, 0.05) is 100 Å². The molecular formula is C71H90N9O7Pd-. The molecule has 5 aromatic carbocycles. The van der Waals surface area contributed by atoms with Crippen molar-refractivity contribution in [3.63, 3.8) is 0 Å². The number of para-hydroxylation sites is 2. The number of nitrogens with one attached hydrogen (secondary N) is 6. The molecule has 7 N–H and O–H groups in total. The van der Waals surface area contributed by atoms with Crippen molar-refractivity contribution in [2.45, 2.75) is 165 Å². The molecule has 6 aliphatic rings. The second-order valence-corrected chi connectivity index (χ2v) is 24.5. The van der Waals surface area contributed by atoms with Crippen LogP contribution in [0.1, 0.15) is 154 Å². The molecule has 472 valence electrons. The van der Waals surface area contributed by atoms with Gasteiger partial charge in [0.15, 0.2) is 0 Å². The fourth-order valence-corrected chi connectivity index (χ4v) is 14.5. The number of H-pyrrole nitrogens is 2. The number of nitrogens with zero attached hydrogens (tertiary/aromatic N) is 3. The minimum Gasteiger partial charge on any atom is -0.445 e. The molecule has 0 radical (unpaired) electrons. The second kappa shape index (κ2) is 29.5. The van der Waals surface area contributed by atoms with Gasteiger partial charge in [-0.1, -0.05) is 129 Å². The van der Waals surface area contributed by atoms with E-state index in [-0.39, 0.29) is 114 Å². The fraction of sp³-hybridized carbons (Fsp3) is 0.437. The summed E-state index contributed by atoms with van der Waals surface area (Å²) in [6, 6.07) is 41.9. The molecule has 2 aromatic heterocycles. The van der Waals surface area contributed by atoms with Crippen LogP contribution in [-0.2, 0) is 76.6 Å². The van der Waals surface area contributed by atoms with E-state index >= 15 is 0 Å². The number of aromatic amines is 2. The fourth-order valence-electron chi connectivity index (χ4n) is 14.5. The van der Waals surface area contributed by atoms with Gasteiger partial charge in [-0.2, -0.15) is 0 Å². The molecule has 2 aliphatic carbocycles. The molecule has 88 heavy (non-hydrogen) atoms. The molecule has 5 amide bonds. The van der Waals surface area contributed by atoms with Gasteiger partial charge < -0.3 is 48.5 Å². The Morgan fingerprint density at radius 2 is 1.05 bits per heavy atom. The maximum Gasteiger partial charge on any atom is 0.410 e. The Kier molecular flexibility index (Phi) is 21.9. The third kappa shape index (κ3) is 13.8. The van der Waals surface area contributed by atoms with Crippen molar-refractivity contribution < 1.29 is 55.7 Å². The van der Waals surface area contributed by atoms with Crippen LogP contribution in [0.4, 0.5) is 4.79 Å². The first-order valence-corrected chi connectivity index (χ1v) is 31.4. The van der Waals surface area contributed by atoms with E-state index < -0.39 is 12.1 Å². The molecule has 6 heterocycles. The average Bonchev–Trinajstić information content (AvgIpc) is 1.72. The molecule has 13 rings (SSSR count). The zero-order chi connectivity index (χ0) is 60.0. The van der Waals surface area contributed by atoms with E-state index in [1.165, 1.54) is 49.4 Å². The first kappa shape index (κ1) is 65.3. The minimum absolute atomic E-state index is 0. The van der Waals surface area contributed by atoms with Crippen molar-refractivity contribution >= 4 is 51.5 Å². The van der Waals surface area contributed by atoms with Crippen LogP contribution in [0, 0.1) is 13.3 Å². The van der Waals surface area contributed by atoms with Crippen LogP contribution in [-0.4, -0.2) is 117 Å². The Morgan fingerprint density at radius 3 is 1.53 bits per heavy atom. The van der Waals surface area contributed by atoms with Crippen molar-refractivity contribution in [2.75, 3.05) is 27.2 Å². The van der Waals surface area contributed by atoms with Crippen LogP contribution >= 0.6 is 0 Å². The van der Waals surface area contributed by atoms with Gasteiger partial charge in [-0.05, 0) is 141 Å². The molecule has 17 heteroatoms. The third-order valence-electron chi connectivity index (χ3n) is 19.3. The molecule has 4 aliphatic heterocycles. The molecule has 0 unspecified atom stereocenters. The first-order valence-electron chi connectivity index (χ1n) is 31.4. The number of aryl methyl sites for hydroxylation is 2. The summed E-state index contributed by atoms with van der Waals surface area (Å²) in [5.74, 6) is -0.00577. The summed E-state index contributed by atoms with van der Waals surface area (Å²) >= 11 is 0. The number of likely N-dealkylation sites (N-methyl/N-ethyl adjacent to an activating group) is 1. The number of carbonyl (C=O) groups excluding carboxylic acids is 5. The van der Waals surface area contributed by atoms with E-state index in [0.29, 0.717) is 19.5 Å². The Hall–Kier alpha value is -7.13. The Balaban J connectivity index is 0.000000222. The Labute approximate surface area is 533 Å². The summed E-state index contributed by atoms with van der Waals surface area (Å²) in [4.78, 5) is 80.7. The van der Waals surface area contributed by atoms with E-state index in [2.05, 4.69) is 133 Å². The summed E-state index contributed by atoms with van der Waals surface area (Å²) in [5.41, 5.74) is 13.1. The van der Waals surface area contributed by atoms with E-state index in [9.17, 15) is 24.0 Å². The predicted octanol–water partition coefficient (Wildman–Crippen LogP) is 10.8. The standard InChI is InChI=1S/C38H43N5O4.C31H38N4O2.CH4O.CH3.Pd.H2/c1-24(42(2)38(46)47-23-25-11-4-3-5-12-25)36(44)39-27-21-30-29-16-8-9-17-32(29)40-35(30)33-19-20-34(43(33)22-27)37(45)41-31-18-10-14-26-13-6-7-15-28(26)31;1-3-19(2)30(36)32-21-17-24-23-12-6-7-13-26(23)33-29(24)27-15-16-28(35(27)18-21)31(37)34-25-14-8-10-20-9-4-5-11-22(20)25;1-2;;;/h3-9,11-13,15-17,24,27,31,33-34,40H,10,14,18-23H2,1-2H3,(H,39,44)(H,41,45);4-7,9,11-13,19,21,25,27-28,33H,3,8,10,14-18H2,1-2H3,(H,32,36)(H,34,37);2H,1H3;1H3;;1H/q;;;-1;;/t24-,27-,31+,33+,34-;19-,21+,25-,27-,28+;;;;/m01..../s1. The van der Waals surface area contributed by atoms with Crippen molar-refractivity contribution in [1.82, 2.24) is 45.9 Å². The number of rotatable bonds is 12. The smallest absolute Gasteiger partial charge is 0.410 e. The molecule has 0 spiro atoms. The third-order valence-corrected chi connectivity index (χ3v) is 19.3. The van der Waals surface area contributed by atoms with E-state index in [1.807, 2.05) is 49.4 Å². The number of hydrogen-bond acceptors (Lipinski definition) is 9. The normalized spacial score (nSPS) is 23.1. The molecule has 2 fully saturated rings. The zero-order valence-corrected chi connectivity index (χ0v) is 53.3. The number of ether oxygens (including phenoxy) is 1. The molecular weight excluding hydrogens is 1200 g/mol. The van der Waals surface area contributed by atoms with Gasteiger partial charge in [0.25, 0.3) is 0 Å². The van der Waals surface area contributed by atoms with Gasteiger partial charge in [0.2, 0.25) is 23.6 Å². The second-order valence-electron chi connectivity index (χ2n) is 24.5. The maximum absolute atomic E-state index is 14.0. The Morgan fingerprint density at radius 1 is 0.602 bits per heavy atom. The summed E-state index contributed by atoms with van der Waals surface area (Å²) in [5, 5.41) is 22.8. The monoisotopic (exact) mass is 1290 g/mol. The molecule has 0 bridgehead atoms. The molecule has 2 saturated heterocycles. The predicted molar refractivity (Wildman–Crippen MR) is 343 cm³/mol. The number of benzene rings is 5. The van der Waals surface area contributed by atoms with Gasteiger partial charge in [-0.25, -0.2) is 4.79 Å². The van der Waals surface area contributed by atoms with Gasteiger partial charge in [0.1, 0.15) is 12.6 Å². The van der Waals surface area contributed by atoms with Gasteiger partial charge in [-0.3, -0.25) is 33.9 Å². The van der Waals surface area contributed by atoms with E-state index in [4.69, 9.17) is 9.84 Å². The quantitative estimate of drug-likeness (QED) is 0.0459. The number of amides is 5. The molecule has 16 nitrogen and oxygen atoms in total. The largest absolute Gasteiger partial charge is 0.445 e. The summed E-state index contributed by atoms with van der Waals surface area (Å²) in [6.45, 7) is 7.10. The van der Waals surface area contributed by atoms with E-state index in [1.54, 1.807) is 14.0 Å². The van der Waals surface area contributed by atoms with Crippen LogP contribution in [0.3, 0.4) is 0 Å². The number of aromatic nitrogens is 2. The number of aliphatic hydroxyl groups is 1. The van der Waals surface area contributed by atoms with Crippen molar-refractivity contribution in [3.8, 4) is 0 Å². The number of carbonyl (C=O) groups is 5. The van der Waals surface area contributed by atoms with Gasteiger partial charge in [0.05, 0.1) is 36.3 Å². The number of fused-ring (bicyclic) bond motifs is 12. The first-order chi connectivity index (χ1) is 41.9. The topological polar surface area (TPSA) is 204 Å². The van der Waals surface area contributed by atoms with Crippen molar-refractivity contribution in [1.29, 1.82) is 0 Å². The summed E-state index contributed by atoms with van der Waals surface area (Å²) in [6.07, 6.45) is 11.2. The zero-order valence-electron chi connectivity index (χ0n) is 51.8. The van der Waals surface area contributed by atoms with Crippen LogP contribution < -0.4 is 21.3 Å². The summed E-state index contributed by atoms with van der Waals surface area (Å²) < 4.78 is 5.49. The van der Waals surface area contributed by atoms with Gasteiger partial charge in [-0.15, -0.1) is 0 Å². The van der Waals surface area contributed by atoms with Crippen LogP contribution in [0.2, 0.25) is 0 Å². The number of aliphatic hydroxyl groups excluding tert-OH is 1. The van der Waals surface area contributed by atoms with Crippen molar-refractivity contribution in [3.05, 3.63) is 185 Å². The van der Waals surface area contributed by atoms with Crippen LogP contribution in [0.5, 0.6) is 0 Å². The van der Waals surface area contributed by atoms with Crippen LogP contribution in [0.25, 0.3) is 21.8 Å². The average molecular weight is 1290 g/mol.